The molecule has 104 valence electrons. The van der Waals surface area contributed by atoms with Crippen LogP contribution in [0.4, 0.5) is 10.1 Å². The zero-order chi connectivity index (χ0) is 13.7. The van der Waals surface area contributed by atoms with Crippen LogP contribution < -0.4 is 11.1 Å². The van der Waals surface area contributed by atoms with E-state index < -0.39 is 11.9 Å². The quantitative estimate of drug-likeness (QED) is 0.878. The van der Waals surface area contributed by atoms with E-state index in [1.807, 2.05) is 0 Å². The van der Waals surface area contributed by atoms with Crippen molar-refractivity contribution in [3.8, 4) is 0 Å². The summed E-state index contributed by atoms with van der Waals surface area (Å²) in [6.07, 6.45) is 6.74. The molecule has 2 rings (SSSR count). The summed E-state index contributed by atoms with van der Waals surface area (Å²) in [5.41, 5.74) is 6.11. The first-order chi connectivity index (χ1) is 9.16. The van der Waals surface area contributed by atoms with Gasteiger partial charge in [0.15, 0.2) is 0 Å². The normalized spacial score (nSPS) is 18.0. The van der Waals surface area contributed by atoms with Crippen LogP contribution in [0.2, 0.25) is 0 Å². The van der Waals surface area contributed by atoms with Crippen molar-refractivity contribution < 1.29 is 9.18 Å². The van der Waals surface area contributed by atoms with Gasteiger partial charge in [-0.25, -0.2) is 4.39 Å². The molecule has 1 aliphatic rings. The number of carbonyl (C=O) groups excluding carboxylic acids is 1. The number of nitrogens with two attached hydrogens (primary N) is 1. The second-order valence-corrected chi connectivity index (χ2v) is 5.32. The van der Waals surface area contributed by atoms with Crippen LogP contribution in [-0.2, 0) is 4.79 Å². The third-order valence-corrected chi connectivity index (χ3v) is 3.78. The number of amides is 1. The van der Waals surface area contributed by atoms with Gasteiger partial charge in [0.2, 0.25) is 5.91 Å². The van der Waals surface area contributed by atoms with Crippen LogP contribution >= 0.6 is 0 Å². The van der Waals surface area contributed by atoms with Crippen LogP contribution in [0.3, 0.4) is 0 Å². The molecule has 1 saturated carbocycles. The summed E-state index contributed by atoms with van der Waals surface area (Å²) in [5.74, 6) is -0.188. The van der Waals surface area contributed by atoms with E-state index in [-0.39, 0.29) is 11.6 Å². The lowest BCUT2D eigenvalue weighted by Gasteiger charge is -2.24. The Labute approximate surface area is 113 Å². The van der Waals surface area contributed by atoms with E-state index in [0.717, 1.165) is 12.8 Å². The molecular weight excluding hydrogens is 243 g/mol. The van der Waals surface area contributed by atoms with Crippen molar-refractivity contribution in [1.82, 2.24) is 0 Å². The number of hydrogen-bond donors (Lipinski definition) is 2. The number of para-hydroxylation sites is 1. The lowest BCUT2D eigenvalue weighted by Crippen LogP contribution is -2.37. The Morgan fingerprint density at radius 3 is 2.68 bits per heavy atom. The molecule has 1 fully saturated rings. The Kier molecular flexibility index (Phi) is 4.91. The average Bonchev–Trinajstić information content (AvgIpc) is 2.42. The Morgan fingerprint density at radius 2 is 2.00 bits per heavy atom. The maximum Gasteiger partial charge on any atom is 0.241 e. The van der Waals surface area contributed by atoms with Crippen molar-refractivity contribution in [3.63, 3.8) is 0 Å². The first-order valence-electron chi connectivity index (χ1n) is 6.98. The van der Waals surface area contributed by atoms with Crippen LogP contribution in [0, 0.1) is 11.7 Å². The minimum Gasteiger partial charge on any atom is -0.322 e. The van der Waals surface area contributed by atoms with E-state index in [9.17, 15) is 9.18 Å². The van der Waals surface area contributed by atoms with Crippen molar-refractivity contribution in [2.75, 3.05) is 5.32 Å². The van der Waals surface area contributed by atoms with Crippen LogP contribution in [0.5, 0.6) is 0 Å². The Hall–Kier alpha value is -1.42. The summed E-state index contributed by atoms with van der Waals surface area (Å²) >= 11 is 0. The van der Waals surface area contributed by atoms with Gasteiger partial charge in [0.1, 0.15) is 5.82 Å². The Bertz CT molecular complexity index is 430. The van der Waals surface area contributed by atoms with E-state index >= 15 is 0 Å². The van der Waals surface area contributed by atoms with Crippen molar-refractivity contribution in [2.45, 2.75) is 44.6 Å². The number of nitrogens with one attached hydrogen (secondary N) is 1. The van der Waals surface area contributed by atoms with Crippen LogP contribution in [0.25, 0.3) is 0 Å². The molecule has 19 heavy (non-hydrogen) atoms. The molecule has 1 unspecified atom stereocenters. The minimum atomic E-state index is -0.553. The van der Waals surface area contributed by atoms with E-state index in [1.165, 1.54) is 25.3 Å². The largest absolute Gasteiger partial charge is 0.322 e. The second-order valence-electron chi connectivity index (χ2n) is 5.32. The molecule has 0 spiro atoms. The predicted molar refractivity (Wildman–Crippen MR) is 74.2 cm³/mol. The molecule has 1 atom stereocenters. The maximum atomic E-state index is 13.4. The maximum absolute atomic E-state index is 13.4. The Morgan fingerprint density at radius 1 is 1.32 bits per heavy atom. The first-order valence-corrected chi connectivity index (χ1v) is 6.98. The molecule has 4 heteroatoms. The molecular formula is C15H21FN2O. The number of carbonyl (C=O) groups is 1. The van der Waals surface area contributed by atoms with Crippen molar-refractivity contribution >= 4 is 11.6 Å². The molecule has 3 N–H and O–H groups in total. The fraction of sp³-hybridized carbons (Fsp3) is 0.533. The van der Waals surface area contributed by atoms with Crippen molar-refractivity contribution in [1.29, 1.82) is 0 Å². The summed E-state index contributed by atoms with van der Waals surface area (Å²) in [6, 6.07) is 5.59. The average molecular weight is 264 g/mol. The first kappa shape index (κ1) is 14.0. The molecule has 0 radical (unpaired) electrons. The Balaban J connectivity index is 1.87. The van der Waals surface area contributed by atoms with Crippen LogP contribution in [0.1, 0.15) is 38.5 Å². The highest BCUT2D eigenvalue weighted by molar-refractivity contribution is 5.94. The summed E-state index contributed by atoms with van der Waals surface area (Å²) in [5, 5.41) is 2.56. The third kappa shape index (κ3) is 4.03. The zero-order valence-corrected chi connectivity index (χ0v) is 11.1. The molecule has 1 aliphatic carbocycles. The van der Waals surface area contributed by atoms with Crippen LogP contribution in [0.15, 0.2) is 24.3 Å². The van der Waals surface area contributed by atoms with E-state index in [1.54, 1.807) is 18.2 Å². The number of rotatable bonds is 4. The van der Waals surface area contributed by atoms with Gasteiger partial charge in [-0.15, -0.1) is 0 Å². The number of halogens is 1. The summed E-state index contributed by atoms with van der Waals surface area (Å²) in [7, 11) is 0. The molecule has 1 aromatic rings. The van der Waals surface area contributed by atoms with Gasteiger partial charge in [0.25, 0.3) is 0 Å². The van der Waals surface area contributed by atoms with Crippen molar-refractivity contribution in [3.05, 3.63) is 30.1 Å². The van der Waals surface area contributed by atoms with Gasteiger partial charge in [-0.2, -0.15) is 0 Å². The molecule has 3 nitrogen and oxygen atoms in total. The molecule has 0 aromatic heterocycles. The summed E-state index contributed by atoms with van der Waals surface area (Å²) < 4.78 is 13.4. The lowest BCUT2D eigenvalue weighted by atomic mass is 9.85. The third-order valence-electron chi connectivity index (χ3n) is 3.78. The molecule has 0 bridgehead atoms. The predicted octanol–water partition coefficient (Wildman–Crippen LogP) is 3.06. The van der Waals surface area contributed by atoms with E-state index in [4.69, 9.17) is 5.73 Å². The lowest BCUT2D eigenvalue weighted by molar-refractivity contribution is -0.117. The highest BCUT2D eigenvalue weighted by Crippen LogP contribution is 2.27. The molecule has 0 heterocycles. The second kappa shape index (κ2) is 6.66. The fourth-order valence-corrected chi connectivity index (χ4v) is 2.68. The van der Waals surface area contributed by atoms with E-state index in [0.29, 0.717) is 12.3 Å². The molecule has 1 aromatic carbocycles. The number of hydrogen-bond acceptors (Lipinski definition) is 2. The van der Waals surface area contributed by atoms with Gasteiger partial charge in [-0.05, 0) is 24.5 Å². The molecule has 0 aliphatic heterocycles. The smallest absolute Gasteiger partial charge is 0.241 e. The van der Waals surface area contributed by atoms with Gasteiger partial charge in [0, 0.05) is 0 Å². The van der Waals surface area contributed by atoms with Gasteiger partial charge in [-0.3, -0.25) is 4.79 Å². The number of anilines is 1. The zero-order valence-electron chi connectivity index (χ0n) is 11.1. The molecule has 0 saturated heterocycles. The van der Waals surface area contributed by atoms with Crippen molar-refractivity contribution in [2.24, 2.45) is 11.7 Å². The van der Waals surface area contributed by atoms with E-state index in [2.05, 4.69) is 5.32 Å². The molecule has 1 amide bonds. The van der Waals surface area contributed by atoms with Gasteiger partial charge >= 0.3 is 0 Å². The van der Waals surface area contributed by atoms with Gasteiger partial charge in [-0.1, -0.05) is 44.2 Å². The standard InChI is InChI=1S/C15H21FN2O/c16-12-8-4-5-9-14(12)18-15(19)13(17)10-11-6-2-1-3-7-11/h4-5,8-9,11,13H,1-3,6-7,10,17H2,(H,18,19). The monoisotopic (exact) mass is 264 g/mol. The highest BCUT2D eigenvalue weighted by Gasteiger charge is 2.21. The highest BCUT2D eigenvalue weighted by atomic mass is 19.1. The summed E-state index contributed by atoms with van der Waals surface area (Å²) in [4.78, 5) is 11.9. The SMILES string of the molecule is NC(CC1CCCCC1)C(=O)Nc1ccccc1F. The van der Waals surface area contributed by atoms with Gasteiger partial charge < -0.3 is 11.1 Å². The van der Waals surface area contributed by atoms with Gasteiger partial charge in [0.05, 0.1) is 11.7 Å². The van der Waals surface area contributed by atoms with Crippen LogP contribution in [-0.4, -0.2) is 11.9 Å². The topological polar surface area (TPSA) is 55.1 Å². The minimum absolute atomic E-state index is 0.201. The summed E-state index contributed by atoms with van der Waals surface area (Å²) in [6.45, 7) is 0. The fourth-order valence-electron chi connectivity index (χ4n) is 2.68. The number of benzene rings is 1.